The highest BCUT2D eigenvalue weighted by Gasteiger charge is 2.34. The van der Waals surface area contributed by atoms with Gasteiger partial charge in [-0.05, 0) is 48.6 Å². The number of hydrogen-bond donors (Lipinski definition) is 2. The molecule has 0 spiro atoms. The van der Waals surface area contributed by atoms with Crippen molar-refractivity contribution in [2.24, 2.45) is 0 Å². The zero-order chi connectivity index (χ0) is 20.6. The van der Waals surface area contributed by atoms with E-state index in [1.165, 1.54) is 11.4 Å². The number of thiocarbonyl (C=S) groups is 1. The fourth-order valence-corrected chi connectivity index (χ4v) is 5.47. The van der Waals surface area contributed by atoms with Crippen molar-refractivity contribution < 1.29 is 4.52 Å². The first kappa shape index (κ1) is 20.6. The van der Waals surface area contributed by atoms with E-state index in [1.807, 2.05) is 42.5 Å². The van der Waals surface area contributed by atoms with E-state index in [9.17, 15) is 0 Å². The van der Waals surface area contributed by atoms with Gasteiger partial charge in [-0.2, -0.15) is 0 Å². The van der Waals surface area contributed by atoms with Gasteiger partial charge in [-0.3, -0.25) is 0 Å². The number of nitrogens with zero attached hydrogens (tertiary/aromatic N) is 2. The summed E-state index contributed by atoms with van der Waals surface area (Å²) < 4.78 is 11.1. The first-order valence-corrected chi connectivity index (χ1v) is 11.6. The normalized spacial score (nSPS) is 14.0. The molecule has 0 unspecified atom stereocenters. The maximum absolute atomic E-state index is 6.40. The first-order chi connectivity index (χ1) is 14.8. The average Bonchev–Trinajstić information content (AvgIpc) is 3.22. The van der Waals surface area contributed by atoms with Crippen LogP contribution < -0.4 is 20.0 Å². The van der Waals surface area contributed by atoms with E-state index in [-0.39, 0.29) is 0 Å². The van der Waals surface area contributed by atoms with Crippen LogP contribution in [0.1, 0.15) is 0 Å². The summed E-state index contributed by atoms with van der Waals surface area (Å²) in [5, 5.41) is 7.02. The molecule has 1 aliphatic rings. The van der Waals surface area contributed by atoms with Gasteiger partial charge in [0.05, 0.1) is 6.61 Å². The third kappa shape index (κ3) is 5.28. The van der Waals surface area contributed by atoms with E-state index in [4.69, 9.17) is 16.7 Å². The highest BCUT2D eigenvalue weighted by Crippen LogP contribution is 2.53. The zero-order valence-corrected chi connectivity index (χ0v) is 18.4. The predicted molar refractivity (Wildman–Crippen MR) is 131 cm³/mol. The van der Waals surface area contributed by atoms with Crippen LogP contribution in [0.15, 0.2) is 91.0 Å². The van der Waals surface area contributed by atoms with E-state index in [1.54, 1.807) is 0 Å². The molecule has 1 fully saturated rings. The van der Waals surface area contributed by atoms with Crippen LogP contribution in [0, 0.1) is 0 Å². The Morgan fingerprint density at radius 1 is 0.800 bits per heavy atom. The summed E-state index contributed by atoms with van der Waals surface area (Å²) in [6.07, 6.45) is 0. The smallest absolute Gasteiger partial charge is 0.248 e. The number of rotatable bonds is 7. The standard InChI is InChI=1S/C23H25N4OPS/c30-23(25-20-10-4-1-5-11-20)24-16-19-28-29-26(21-12-6-2-7-13-21)17-18-27(29)22-14-8-3-9-15-22/h1-15H,16-19H2,(H2,24,25,30). The molecular weight excluding hydrogens is 411 g/mol. The molecule has 1 heterocycles. The quantitative estimate of drug-likeness (QED) is 0.300. The Labute approximate surface area is 184 Å². The number of hydrogen-bond acceptors (Lipinski definition) is 4. The zero-order valence-electron chi connectivity index (χ0n) is 16.6. The van der Waals surface area contributed by atoms with Crippen molar-refractivity contribution in [1.82, 2.24) is 5.32 Å². The molecule has 7 heteroatoms. The Kier molecular flexibility index (Phi) is 7.14. The summed E-state index contributed by atoms with van der Waals surface area (Å²) in [6.45, 7) is 3.08. The lowest BCUT2D eigenvalue weighted by molar-refractivity contribution is 0.357. The second-order valence-electron chi connectivity index (χ2n) is 6.75. The third-order valence-electron chi connectivity index (χ3n) is 4.67. The highest BCUT2D eigenvalue weighted by molar-refractivity contribution is 7.80. The molecule has 3 aromatic rings. The fourth-order valence-electron chi connectivity index (χ4n) is 3.27. The van der Waals surface area contributed by atoms with Crippen LogP contribution in [0.3, 0.4) is 0 Å². The van der Waals surface area contributed by atoms with Gasteiger partial charge < -0.3 is 24.5 Å². The van der Waals surface area contributed by atoms with Gasteiger partial charge in [-0.25, -0.2) is 0 Å². The van der Waals surface area contributed by atoms with Crippen LogP contribution in [-0.2, 0) is 4.52 Å². The van der Waals surface area contributed by atoms with Gasteiger partial charge in [-0.1, -0.05) is 54.6 Å². The van der Waals surface area contributed by atoms with E-state index in [0.717, 1.165) is 18.8 Å². The van der Waals surface area contributed by atoms with Crippen LogP contribution in [0.4, 0.5) is 17.1 Å². The van der Waals surface area contributed by atoms with Gasteiger partial charge in [0.25, 0.3) is 0 Å². The molecule has 4 rings (SSSR count). The summed E-state index contributed by atoms with van der Waals surface area (Å²) in [6, 6.07) is 30.9. The minimum atomic E-state index is -0.941. The van der Waals surface area contributed by atoms with E-state index < -0.39 is 8.45 Å². The maximum atomic E-state index is 6.40. The average molecular weight is 437 g/mol. The number of benzene rings is 3. The van der Waals surface area contributed by atoms with Crippen LogP contribution in [0.2, 0.25) is 0 Å². The minimum Gasteiger partial charge on any atom is -0.360 e. The van der Waals surface area contributed by atoms with E-state index >= 15 is 0 Å². The lowest BCUT2D eigenvalue weighted by Gasteiger charge is -2.30. The van der Waals surface area contributed by atoms with Crippen LogP contribution in [-0.4, -0.2) is 31.4 Å². The Hall–Kier alpha value is -2.66. The van der Waals surface area contributed by atoms with Crippen molar-refractivity contribution in [3.63, 3.8) is 0 Å². The van der Waals surface area contributed by atoms with Gasteiger partial charge in [0.1, 0.15) is 0 Å². The Morgan fingerprint density at radius 3 is 1.83 bits per heavy atom. The van der Waals surface area contributed by atoms with Gasteiger partial charge in [0, 0.05) is 36.7 Å². The molecule has 0 aromatic heterocycles. The van der Waals surface area contributed by atoms with E-state index in [2.05, 4.69) is 68.5 Å². The Morgan fingerprint density at radius 2 is 1.30 bits per heavy atom. The maximum Gasteiger partial charge on any atom is 0.248 e. The van der Waals surface area contributed by atoms with Crippen molar-refractivity contribution >= 4 is 42.8 Å². The molecule has 154 valence electrons. The molecule has 5 nitrogen and oxygen atoms in total. The van der Waals surface area contributed by atoms with E-state index in [0.29, 0.717) is 18.3 Å². The minimum absolute atomic E-state index is 0.564. The van der Waals surface area contributed by atoms with Crippen LogP contribution >= 0.6 is 20.7 Å². The van der Waals surface area contributed by atoms with Crippen LogP contribution in [0.25, 0.3) is 0 Å². The number of para-hydroxylation sites is 3. The third-order valence-corrected chi connectivity index (χ3v) is 7.02. The Bertz CT molecular complexity index is 882. The molecule has 0 atom stereocenters. The monoisotopic (exact) mass is 436 g/mol. The molecule has 30 heavy (non-hydrogen) atoms. The van der Waals surface area contributed by atoms with Crippen molar-refractivity contribution in [3.8, 4) is 0 Å². The Balaban J connectivity index is 1.36. The summed E-state index contributed by atoms with van der Waals surface area (Å²) in [7, 11) is -0.941. The van der Waals surface area contributed by atoms with Crippen molar-refractivity contribution in [2.45, 2.75) is 0 Å². The molecule has 2 N–H and O–H groups in total. The summed E-state index contributed by atoms with van der Waals surface area (Å²) in [5.74, 6) is 0. The SMILES string of the molecule is S=C(NCCOP1N(c2ccccc2)CCN1c1ccccc1)Nc1ccccc1. The summed E-state index contributed by atoms with van der Waals surface area (Å²) in [5.41, 5.74) is 3.36. The molecule has 1 aliphatic heterocycles. The lowest BCUT2D eigenvalue weighted by atomic mass is 10.3. The van der Waals surface area contributed by atoms with Crippen LogP contribution in [0.5, 0.6) is 0 Å². The predicted octanol–water partition coefficient (Wildman–Crippen LogP) is 5.24. The molecule has 0 amide bonds. The second-order valence-corrected chi connectivity index (χ2v) is 8.89. The van der Waals surface area contributed by atoms with Crippen molar-refractivity contribution in [1.29, 1.82) is 0 Å². The largest absolute Gasteiger partial charge is 0.360 e. The molecule has 0 radical (unpaired) electrons. The molecule has 1 saturated heterocycles. The second kappa shape index (κ2) is 10.4. The molecule has 0 bridgehead atoms. The molecular formula is C23H25N4OPS. The van der Waals surface area contributed by atoms with Gasteiger partial charge in [0.2, 0.25) is 8.45 Å². The van der Waals surface area contributed by atoms with Crippen molar-refractivity contribution in [2.75, 3.05) is 40.9 Å². The fraction of sp³-hybridized carbons (Fsp3) is 0.174. The van der Waals surface area contributed by atoms with Gasteiger partial charge in [-0.15, -0.1) is 0 Å². The summed E-state index contributed by atoms with van der Waals surface area (Å²) >= 11 is 5.39. The molecule has 0 saturated carbocycles. The topological polar surface area (TPSA) is 39.8 Å². The summed E-state index contributed by atoms with van der Waals surface area (Å²) in [4.78, 5) is 0. The number of anilines is 3. The molecule has 3 aromatic carbocycles. The van der Waals surface area contributed by atoms with Crippen molar-refractivity contribution in [3.05, 3.63) is 91.0 Å². The van der Waals surface area contributed by atoms with Gasteiger partial charge >= 0.3 is 0 Å². The van der Waals surface area contributed by atoms with Gasteiger partial charge in [0.15, 0.2) is 5.11 Å². The molecule has 0 aliphatic carbocycles. The lowest BCUT2D eigenvalue weighted by Crippen LogP contribution is -2.31. The number of nitrogens with one attached hydrogen (secondary N) is 2. The highest BCUT2D eigenvalue weighted by atomic mass is 32.1. The first-order valence-electron chi connectivity index (χ1n) is 9.99.